The molecule has 1 aromatic heterocycles. The molecule has 0 fully saturated rings. The van der Waals surface area contributed by atoms with Crippen molar-refractivity contribution in [2.45, 2.75) is 6.54 Å². The molecule has 0 aliphatic heterocycles. The summed E-state index contributed by atoms with van der Waals surface area (Å²) in [7, 11) is 0. The number of aromatic hydroxyl groups is 1. The average molecular weight is 286 g/mol. The molecule has 0 spiro atoms. The van der Waals surface area contributed by atoms with Crippen LogP contribution in [0.2, 0.25) is 0 Å². The maximum Gasteiger partial charge on any atom is 0.251 e. The van der Waals surface area contributed by atoms with Crippen molar-refractivity contribution in [3.63, 3.8) is 0 Å². The summed E-state index contributed by atoms with van der Waals surface area (Å²) in [5, 5.41) is 12.0. The topological polar surface area (TPSA) is 75.3 Å². The molecule has 1 amide bonds. The summed E-state index contributed by atoms with van der Waals surface area (Å²) in [6, 6.07) is 9.98. The number of nitrogens with two attached hydrogens (primary N) is 1. The second-order valence-electron chi connectivity index (χ2n) is 4.00. The van der Waals surface area contributed by atoms with Crippen LogP contribution in [0, 0.1) is 11.8 Å². The molecule has 0 radical (unpaired) electrons. The van der Waals surface area contributed by atoms with Gasteiger partial charge in [-0.1, -0.05) is 11.8 Å². The highest BCUT2D eigenvalue weighted by Gasteiger charge is 2.06. The number of carbonyl (C=O) groups is 1. The Kier molecular flexibility index (Phi) is 4.77. The van der Waals surface area contributed by atoms with Crippen LogP contribution in [-0.2, 0) is 6.54 Å². The summed E-state index contributed by atoms with van der Waals surface area (Å²) in [6.45, 7) is 0.791. The lowest BCUT2D eigenvalue weighted by Crippen LogP contribution is -2.22. The molecule has 0 bridgehead atoms. The van der Waals surface area contributed by atoms with Crippen LogP contribution in [-0.4, -0.2) is 17.6 Å². The van der Waals surface area contributed by atoms with E-state index in [9.17, 15) is 4.79 Å². The zero-order valence-electron chi connectivity index (χ0n) is 10.7. The van der Waals surface area contributed by atoms with Gasteiger partial charge in [0.1, 0.15) is 5.75 Å². The molecule has 0 saturated heterocycles. The lowest BCUT2D eigenvalue weighted by molar-refractivity contribution is 0.0951. The Morgan fingerprint density at radius 2 is 2.00 bits per heavy atom. The Labute approximate surface area is 121 Å². The number of phenolic OH excluding ortho intramolecular Hbond substituents is 1. The SMILES string of the molecule is NCC#Cc1ccc(CNC(=O)c2ccc(O)cc2)s1. The van der Waals surface area contributed by atoms with Crippen molar-refractivity contribution in [3.05, 3.63) is 51.7 Å². The first kappa shape index (κ1) is 14.1. The Bertz CT molecular complexity index is 651. The number of rotatable bonds is 3. The predicted molar refractivity (Wildman–Crippen MR) is 79.5 cm³/mol. The smallest absolute Gasteiger partial charge is 0.251 e. The van der Waals surface area contributed by atoms with Gasteiger partial charge in [0.25, 0.3) is 5.91 Å². The Hall–Kier alpha value is -2.29. The molecular formula is C15H14N2O2S. The van der Waals surface area contributed by atoms with Crippen molar-refractivity contribution in [1.29, 1.82) is 0 Å². The monoisotopic (exact) mass is 286 g/mol. The highest BCUT2D eigenvalue weighted by atomic mass is 32.1. The molecule has 0 saturated carbocycles. The molecule has 0 unspecified atom stereocenters. The molecule has 0 aliphatic rings. The molecule has 20 heavy (non-hydrogen) atoms. The van der Waals surface area contributed by atoms with Crippen LogP contribution in [0.3, 0.4) is 0 Å². The minimum atomic E-state index is -0.173. The lowest BCUT2D eigenvalue weighted by atomic mass is 10.2. The van der Waals surface area contributed by atoms with Crippen LogP contribution in [0.25, 0.3) is 0 Å². The van der Waals surface area contributed by atoms with Crippen LogP contribution in [0.4, 0.5) is 0 Å². The number of hydrogen-bond acceptors (Lipinski definition) is 4. The van der Waals surface area contributed by atoms with Gasteiger partial charge in [-0.3, -0.25) is 4.79 Å². The van der Waals surface area contributed by atoms with Gasteiger partial charge in [0.2, 0.25) is 0 Å². The van der Waals surface area contributed by atoms with Crippen molar-refractivity contribution in [2.75, 3.05) is 6.54 Å². The maximum absolute atomic E-state index is 11.9. The summed E-state index contributed by atoms with van der Waals surface area (Å²) in [5.74, 6) is 5.71. The fourth-order valence-electron chi connectivity index (χ4n) is 1.56. The van der Waals surface area contributed by atoms with Crippen molar-refractivity contribution >= 4 is 17.2 Å². The second kappa shape index (κ2) is 6.75. The largest absolute Gasteiger partial charge is 0.508 e. The van der Waals surface area contributed by atoms with Crippen LogP contribution >= 0.6 is 11.3 Å². The van der Waals surface area contributed by atoms with Crippen LogP contribution in [0.5, 0.6) is 5.75 Å². The standard InChI is InChI=1S/C15H14N2O2S/c16-9-1-2-13-7-8-14(20-13)10-17-15(19)11-3-5-12(18)6-4-11/h3-8,18H,9-10,16H2,(H,17,19). The van der Waals surface area contributed by atoms with Crippen LogP contribution < -0.4 is 11.1 Å². The van der Waals surface area contributed by atoms with Gasteiger partial charge in [0.15, 0.2) is 0 Å². The Morgan fingerprint density at radius 1 is 1.25 bits per heavy atom. The van der Waals surface area contributed by atoms with Gasteiger partial charge in [-0.15, -0.1) is 11.3 Å². The van der Waals surface area contributed by atoms with E-state index in [0.29, 0.717) is 18.7 Å². The van der Waals surface area contributed by atoms with E-state index in [2.05, 4.69) is 17.2 Å². The fourth-order valence-corrected chi connectivity index (χ4v) is 2.38. The van der Waals surface area contributed by atoms with E-state index in [1.165, 1.54) is 23.5 Å². The number of phenols is 1. The summed E-state index contributed by atoms with van der Waals surface area (Å²) >= 11 is 1.53. The molecule has 1 heterocycles. The molecule has 4 nitrogen and oxygen atoms in total. The number of benzene rings is 1. The van der Waals surface area contributed by atoms with Crippen LogP contribution in [0.1, 0.15) is 20.1 Å². The molecule has 0 atom stereocenters. The van der Waals surface area contributed by atoms with Crippen molar-refractivity contribution in [3.8, 4) is 17.6 Å². The molecule has 1 aromatic carbocycles. The zero-order valence-corrected chi connectivity index (χ0v) is 11.5. The molecule has 0 aliphatic carbocycles. The van der Waals surface area contributed by atoms with E-state index in [-0.39, 0.29) is 11.7 Å². The number of amides is 1. The summed E-state index contributed by atoms with van der Waals surface area (Å²) < 4.78 is 0. The van der Waals surface area contributed by atoms with Gasteiger partial charge in [-0.25, -0.2) is 0 Å². The highest BCUT2D eigenvalue weighted by molar-refractivity contribution is 7.12. The van der Waals surface area contributed by atoms with E-state index < -0.39 is 0 Å². The minimum Gasteiger partial charge on any atom is -0.508 e. The van der Waals surface area contributed by atoms with Gasteiger partial charge in [0, 0.05) is 10.4 Å². The summed E-state index contributed by atoms with van der Waals surface area (Å²) in [6.07, 6.45) is 0. The normalized spacial score (nSPS) is 9.65. The van der Waals surface area contributed by atoms with Crippen molar-refractivity contribution < 1.29 is 9.90 Å². The van der Waals surface area contributed by atoms with Gasteiger partial charge >= 0.3 is 0 Å². The average Bonchev–Trinajstić information content (AvgIpc) is 2.91. The molecule has 4 N–H and O–H groups in total. The van der Waals surface area contributed by atoms with Crippen molar-refractivity contribution in [2.24, 2.45) is 5.73 Å². The third kappa shape index (κ3) is 3.85. The second-order valence-corrected chi connectivity index (χ2v) is 5.17. The maximum atomic E-state index is 11.9. The fraction of sp³-hybridized carbons (Fsp3) is 0.133. The van der Waals surface area contributed by atoms with E-state index in [0.717, 1.165) is 9.75 Å². The first-order valence-corrected chi connectivity index (χ1v) is 6.85. The molecule has 2 aromatic rings. The quantitative estimate of drug-likeness (QED) is 0.752. The number of hydrogen-bond donors (Lipinski definition) is 3. The van der Waals surface area contributed by atoms with Gasteiger partial charge in [0.05, 0.1) is 18.0 Å². The van der Waals surface area contributed by atoms with E-state index in [1.807, 2.05) is 12.1 Å². The first-order valence-electron chi connectivity index (χ1n) is 6.04. The molecule has 5 heteroatoms. The van der Waals surface area contributed by atoms with Gasteiger partial charge in [-0.05, 0) is 36.4 Å². The lowest BCUT2D eigenvalue weighted by Gasteiger charge is -2.03. The minimum absolute atomic E-state index is 0.142. The summed E-state index contributed by atoms with van der Waals surface area (Å²) in [5.41, 5.74) is 5.83. The molecular weight excluding hydrogens is 272 g/mol. The Morgan fingerprint density at radius 3 is 2.70 bits per heavy atom. The predicted octanol–water partition coefficient (Wildman–Crippen LogP) is 1.69. The third-order valence-corrected chi connectivity index (χ3v) is 3.53. The van der Waals surface area contributed by atoms with E-state index >= 15 is 0 Å². The summed E-state index contributed by atoms with van der Waals surface area (Å²) in [4.78, 5) is 13.8. The Balaban J connectivity index is 1.93. The van der Waals surface area contributed by atoms with Gasteiger partial charge in [-0.2, -0.15) is 0 Å². The third-order valence-electron chi connectivity index (χ3n) is 2.53. The highest BCUT2D eigenvalue weighted by Crippen LogP contribution is 2.15. The zero-order chi connectivity index (χ0) is 14.4. The van der Waals surface area contributed by atoms with Crippen LogP contribution in [0.15, 0.2) is 36.4 Å². The molecule has 2 rings (SSSR count). The number of nitrogens with one attached hydrogen (secondary N) is 1. The van der Waals surface area contributed by atoms with Gasteiger partial charge < -0.3 is 16.2 Å². The van der Waals surface area contributed by atoms with E-state index in [1.54, 1.807) is 12.1 Å². The van der Waals surface area contributed by atoms with Crippen molar-refractivity contribution in [1.82, 2.24) is 5.32 Å². The number of thiophene rings is 1. The first-order chi connectivity index (χ1) is 9.69. The molecule has 102 valence electrons. The van der Waals surface area contributed by atoms with E-state index in [4.69, 9.17) is 10.8 Å². The number of carbonyl (C=O) groups excluding carboxylic acids is 1.